The quantitative estimate of drug-likeness (QED) is 0.749. The van der Waals surface area contributed by atoms with Gasteiger partial charge in [-0.15, -0.1) is 0 Å². The largest absolute Gasteiger partial charge is 0.491 e. The summed E-state index contributed by atoms with van der Waals surface area (Å²) < 4.78 is 18.9. The van der Waals surface area contributed by atoms with Crippen LogP contribution in [-0.2, 0) is 6.42 Å². The van der Waals surface area contributed by atoms with Crippen LogP contribution in [-0.4, -0.2) is 11.9 Å². The third-order valence-corrected chi connectivity index (χ3v) is 3.18. The van der Waals surface area contributed by atoms with Crippen molar-refractivity contribution in [3.05, 3.63) is 64.4 Å². The molecule has 0 spiro atoms. The lowest BCUT2D eigenvalue weighted by Crippen LogP contribution is -2.08. The third kappa shape index (κ3) is 4.30. The van der Waals surface area contributed by atoms with Crippen molar-refractivity contribution in [3.8, 4) is 5.75 Å². The number of Topliss-reactive ketones (excluding diaryl/α,β-unsaturated/α-hetero) is 1. The first-order valence-corrected chi connectivity index (χ1v) is 7.07. The first-order valence-electron chi connectivity index (χ1n) is 6.69. The molecule has 0 N–H and O–H groups in total. The summed E-state index contributed by atoms with van der Waals surface area (Å²) in [6, 6.07) is 11.4. The van der Waals surface area contributed by atoms with Crippen LogP contribution < -0.4 is 4.74 Å². The Morgan fingerprint density at radius 1 is 1.24 bits per heavy atom. The van der Waals surface area contributed by atoms with E-state index in [2.05, 4.69) is 0 Å². The SMILES string of the molecule is CC(C)Oc1cccc(C(=O)Cc2ccc(Cl)c(F)c2)c1. The summed E-state index contributed by atoms with van der Waals surface area (Å²) in [5, 5.41) is 0.0542. The number of carbonyl (C=O) groups is 1. The average molecular weight is 307 g/mol. The van der Waals surface area contributed by atoms with Gasteiger partial charge in [0.2, 0.25) is 0 Å². The molecule has 0 bridgehead atoms. The first-order chi connectivity index (χ1) is 9.95. The molecule has 0 aliphatic heterocycles. The number of rotatable bonds is 5. The molecule has 2 nitrogen and oxygen atoms in total. The minimum Gasteiger partial charge on any atom is -0.491 e. The molecular formula is C17H16ClFO2. The summed E-state index contributed by atoms with van der Waals surface area (Å²) >= 11 is 5.63. The van der Waals surface area contributed by atoms with Gasteiger partial charge in [0, 0.05) is 12.0 Å². The fraction of sp³-hybridized carbons (Fsp3) is 0.235. The number of ether oxygens (including phenoxy) is 1. The normalized spacial score (nSPS) is 10.7. The van der Waals surface area contributed by atoms with Crippen molar-refractivity contribution >= 4 is 17.4 Å². The van der Waals surface area contributed by atoms with Crippen LogP contribution in [0.5, 0.6) is 5.75 Å². The van der Waals surface area contributed by atoms with E-state index in [1.54, 1.807) is 30.3 Å². The number of ketones is 1. The van der Waals surface area contributed by atoms with Gasteiger partial charge in [0.05, 0.1) is 11.1 Å². The zero-order valence-corrected chi connectivity index (χ0v) is 12.7. The lowest BCUT2D eigenvalue weighted by Gasteiger charge is -2.10. The Morgan fingerprint density at radius 3 is 2.67 bits per heavy atom. The predicted octanol–water partition coefficient (Wildman–Crippen LogP) is 4.69. The van der Waals surface area contributed by atoms with Gasteiger partial charge in [0.15, 0.2) is 5.78 Å². The van der Waals surface area contributed by atoms with E-state index in [1.165, 1.54) is 12.1 Å². The number of halogens is 2. The molecule has 2 aromatic rings. The van der Waals surface area contributed by atoms with Crippen LogP contribution in [0.2, 0.25) is 5.02 Å². The molecule has 21 heavy (non-hydrogen) atoms. The van der Waals surface area contributed by atoms with Gasteiger partial charge >= 0.3 is 0 Å². The Hall–Kier alpha value is -1.87. The standard InChI is InChI=1S/C17H16ClFO2/c1-11(2)21-14-5-3-4-13(10-14)17(20)9-12-6-7-15(18)16(19)8-12/h3-8,10-11H,9H2,1-2H3. The monoisotopic (exact) mass is 306 g/mol. The van der Waals surface area contributed by atoms with Crippen molar-refractivity contribution in [1.29, 1.82) is 0 Å². The summed E-state index contributed by atoms with van der Waals surface area (Å²) in [7, 11) is 0. The fourth-order valence-electron chi connectivity index (χ4n) is 1.95. The van der Waals surface area contributed by atoms with Crippen LogP contribution in [0, 0.1) is 5.82 Å². The predicted molar refractivity (Wildman–Crippen MR) is 81.7 cm³/mol. The highest BCUT2D eigenvalue weighted by atomic mass is 35.5. The van der Waals surface area contributed by atoms with Crippen molar-refractivity contribution in [2.75, 3.05) is 0 Å². The number of benzene rings is 2. The summed E-state index contributed by atoms with van der Waals surface area (Å²) in [6.45, 7) is 3.84. The third-order valence-electron chi connectivity index (χ3n) is 2.88. The van der Waals surface area contributed by atoms with E-state index in [4.69, 9.17) is 16.3 Å². The molecule has 0 aliphatic carbocycles. The van der Waals surface area contributed by atoms with E-state index in [0.29, 0.717) is 16.9 Å². The minimum atomic E-state index is -0.515. The minimum absolute atomic E-state index is 0.0423. The number of carbonyl (C=O) groups excluding carboxylic acids is 1. The Morgan fingerprint density at radius 2 is 2.00 bits per heavy atom. The van der Waals surface area contributed by atoms with Gasteiger partial charge in [-0.25, -0.2) is 4.39 Å². The molecule has 110 valence electrons. The van der Waals surface area contributed by atoms with Crippen molar-refractivity contribution in [2.24, 2.45) is 0 Å². The van der Waals surface area contributed by atoms with Crippen molar-refractivity contribution < 1.29 is 13.9 Å². The van der Waals surface area contributed by atoms with Crippen LogP contribution in [0.15, 0.2) is 42.5 Å². The Kier molecular flexibility index (Phi) is 4.97. The molecule has 0 radical (unpaired) electrons. The summed E-state index contributed by atoms with van der Waals surface area (Å²) in [6.07, 6.45) is 0.167. The smallest absolute Gasteiger partial charge is 0.167 e. The summed E-state index contributed by atoms with van der Waals surface area (Å²) in [5.74, 6) is 0.0444. The van der Waals surface area contributed by atoms with Crippen molar-refractivity contribution in [3.63, 3.8) is 0 Å². The molecule has 0 saturated carbocycles. The Labute approximate surface area is 128 Å². The number of hydrogen-bond acceptors (Lipinski definition) is 2. The van der Waals surface area contributed by atoms with Gasteiger partial charge in [-0.3, -0.25) is 4.79 Å². The van der Waals surface area contributed by atoms with Crippen molar-refractivity contribution in [1.82, 2.24) is 0 Å². The molecule has 0 atom stereocenters. The van der Waals surface area contributed by atoms with Crippen LogP contribution in [0.3, 0.4) is 0 Å². The van der Waals surface area contributed by atoms with E-state index in [9.17, 15) is 9.18 Å². The van der Waals surface area contributed by atoms with Crippen molar-refractivity contribution in [2.45, 2.75) is 26.4 Å². The fourth-order valence-corrected chi connectivity index (χ4v) is 2.07. The van der Waals surface area contributed by atoms with Gasteiger partial charge in [0.25, 0.3) is 0 Å². The molecule has 0 aromatic heterocycles. The number of hydrogen-bond donors (Lipinski definition) is 0. The Balaban J connectivity index is 2.14. The second-order valence-electron chi connectivity index (χ2n) is 5.04. The molecule has 0 saturated heterocycles. The maximum atomic E-state index is 13.4. The highest BCUT2D eigenvalue weighted by Gasteiger charge is 2.10. The van der Waals surface area contributed by atoms with E-state index in [-0.39, 0.29) is 23.3 Å². The first kappa shape index (κ1) is 15.5. The van der Waals surface area contributed by atoms with Crippen LogP contribution in [0.1, 0.15) is 29.8 Å². The van der Waals surface area contributed by atoms with Gasteiger partial charge in [-0.1, -0.05) is 29.8 Å². The molecule has 0 heterocycles. The van der Waals surface area contributed by atoms with E-state index in [0.717, 1.165) is 0 Å². The molecule has 0 fully saturated rings. The molecule has 0 amide bonds. The summed E-state index contributed by atoms with van der Waals surface area (Å²) in [4.78, 5) is 12.2. The molecule has 4 heteroatoms. The zero-order chi connectivity index (χ0) is 15.4. The summed E-state index contributed by atoms with van der Waals surface area (Å²) in [5.41, 5.74) is 1.14. The Bertz CT molecular complexity index is 653. The molecule has 2 rings (SSSR count). The zero-order valence-electron chi connectivity index (χ0n) is 11.9. The van der Waals surface area contributed by atoms with Crippen LogP contribution in [0.4, 0.5) is 4.39 Å². The topological polar surface area (TPSA) is 26.3 Å². The molecule has 0 unspecified atom stereocenters. The van der Waals surface area contributed by atoms with Gasteiger partial charge in [-0.2, -0.15) is 0 Å². The molecular weight excluding hydrogens is 291 g/mol. The molecule has 0 aliphatic rings. The van der Waals surface area contributed by atoms with Crippen LogP contribution >= 0.6 is 11.6 Å². The van der Waals surface area contributed by atoms with E-state index < -0.39 is 5.82 Å². The van der Waals surface area contributed by atoms with Gasteiger partial charge < -0.3 is 4.74 Å². The lowest BCUT2D eigenvalue weighted by molar-refractivity contribution is 0.0992. The van der Waals surface area contributed by atoms with E-state index >= 15 is 0 Å². The maximum absolute atomic E-state index is 13.4. The van der Waals surface area contributed by atoms with Gasteiger partial charge in [-0.05, 0) is 43.7 Å². The highest BCUT2D eigenvalue weighted by molar-refractivity contribution is 6.30. The van der Waals surface area contributed by atoms with E-state index in [1.807, 2.05) is 13.8 Å². The average Bonchev–Trinajstić information content (AvgIpc) is 2.42. The maximum Gasteiger partial charge on any atom is 0.167 e. The van der Waals surface area contributed by atoms with Crippen LogP contribution in [0.25, 0.3) is 0 Å². The molecule has 2 aromatic carbocycles. The second kappa shape index (κ2) is 6.72. The second-order valence-corrected chi connectivity index (χ2v) is 5.45. The van der Waals surface area contributed by atoms with Gasteiger partial charge in [0.1, 0.15) is 11.6 Å². The highest BCUT2D eigenvalue weighted by Crippen LogP contribution is 2.19. The lowest BCUT2D eigenvalue weighted by atomic mass is 10.0.